The summed E-state index contributed by atoms with van der Waals surface area (Å²) < 4.78 is 17.6. The lowest BCUT2D eigenvalue weighted by Crippen LogP contribution is -2.28. The minimum Gasteiger partial charge on any atom is -0.760 e. The molecule has 1 unspecified atom stereocenters. The van der Waals surface area contributed by atoms with Crippen molar-refractivity contribution < 1.29 is 13.7 Å². The first kappa shape index (κ1) is 20.8. The molecule has 0 bridgehead atoms. The van der Waals surface area contributed by atoms with E-state index in [0.29, 0.717) is 5.69 Å². The van der Waals surface area contributed by atoms with Crippen LogP contribution in [-0.4, -0.2) is 13.7 Å². The molecule has 0 aliphatic carbocycles. The maximum Gasteiger partial charge on any atom is 0.292 e. The van der Waals surface area contributed by atoms with Gasteiger partial charge in [-0.1, -0.05) is 30.3 Å². The Morgan fingerprint density at radius 1 is 1.12 bits per heavy atom. The first-order valence-corrected chi connectivity index (χ1v) is 8.61. The molecule has 0 aliphatic heterocycles. The van der Waals surface area contributed by atoms with E-state index in [1.165, 1.54) is 17.2 Å². The zero-order valence-electron chi connectivity index (χ0n) is 14.6. The van der Waals surface area contributed by atoms with Crippen LogP contribution >= 0.6 is 0 Å². The third-order valence-corrected chi connectivity index (χ3v) is 3.78. The van der Waals surface area contributed by atoms with Crippen LogP contribution in [0.15, 0.2) is 42.5 Å². The smallest absolute Gasteiger partial charge is 0.292 e. The van der Waals surface area contributed by atoms with Gasteiger partial charge in [-0.3, -0.25) is 19.5 Å². The van der Waals surface area contributed by atoms with E-state index in [1.54, 1.807) is 18.2 Å². The van der Waals surface area contributed by atoms with Crippen LogP contribution in [0.25, 0.3) is 0 Å². The fraction of sp³-hybridized carbons (Fsp3) is 0.294. The van der Waals surface area contributed by atoms with Gasteiger partial charge in [0.2, 0.25) is 0 Å². The van der Waals surface area contributed by atoms with E-state index in [1.807, 2.05) is 13.8 Å². The number of rotatable bonds is 4. The number of benzene rings is 2. The Morgan fingerprint density at radius 3 is 2.20 bits per heavy atom. The minimum atomic E-state index is -2.36. The van der Waals surface area contributed by atoms with Gasteiger partial charge in [0, 0.05) is 17.3 Å². The molecule has 7 nitrogen and oxygen atoms in total. The van der Waals surface area contributed by atoms with Crippen molar-refractivity contribution in [1.82, 2.24) is 0 Å². The molecule has 1 atom stereocenters. The molecule has 0 radical (unpaired) electrons. The van der Waals surface area contributed by atoms with Crippen molar-refractivity contribution in [3.8, 4) is 0 Å². The van der Waals surface area contributed by atoms with Crippen LogP contribution in [0.4, 0.5) is 11.4 Å². The first-order chi connectivity index (χ1) is 11.5. The molecule has 0 heterocycles. The molecule has 0 amide bonds. The lowest BCUT2D eigenvalue weighted by atomic mass is 9.91. The maximum absolute atomic E-state index is 11.1. The highest BCUT2D eigenvalue weighted by Gasteiger charge is 2.24. The Hall–Kier alpha value is -2.29. The van der Waals surface area contributed by atoms with E-state index < -0.39 is 16.8 Å². The summed E-state index contributed by atoms with van der Waals surface area (Å²) >= 11 is -2.36. The second kappa shape index (κ2) is 8.70. The third-order valence-electron chi connectivity index (χ3n) is 3.78. The van der Waals surface area contributed by atoms with Crippen LogP contribution in [0.2, 0.25) is 0 Å². The molecule has 0 saturated carbocycles. The molecule has 0 saturated heterocycles. The topological polar surface area (TPSA) is 121 Å². The summed E-state index contributed by atoms with van der Waals surface area (Å²) in [5, 5.41) is 18.4. The lowest BCUT2D eigenvalue weighted by molar-refractivity contribution is -0.384. The van der Waals surface area contributed by atoms with Crippen molar-refractivity contribution in [3.63, 3.8) is 0 Å². The van der Waals surface area contributed by atoms with Crippen LogP contribution in [0, 0.1) is 24.0 Å². The molecule has 0 aliphatic rings. The number of nitro benzene ring substituents is 1. The minimum absolute atomic E-state index is 0.0920. The second-order valence-electron chi connectivity index (χ2n) is 6.08. The number of nitro groups is 1. The fourth-order valence-electron chi connectivity index (χ4n) is 2.28. The standard InChI is InChI=1S/C17H20N2O2.H3NO2S/c1-12-9-10-14(11-13(12)2)17(3,4)18-15-7-5-6-8-16(15)19(20)21;1-4(2)3/h5-11,18H,1-4H3;1H2,(H,2,3)/p-1. The Morgan fingerprint density at radius 2 is 1.68 bits per heavy atom. The van der Waals surface area contributed by atoms with E-state index in [4.69, 9.17) is 8.76 Å². The summed E-state index contributed by atoms with van der Waals surface area (Å²) in [6.07, 6.45) is 0. The summed E-state index contributed by atoms with van der Waals surface area (Å²) in [6.45, 7) is 8.18. The van der Waals surface area contributed by atoms with Gasteiger partial charge < -0.3 is 9.87 Å². The van der Waals surface area contributed by atoms with E-state index in [-0.39, 0.29) is 10.6 Å². The Kier molecular flexibility index (Phi) is 7.22. The zero-order valence-corrected chi connectivity index (χ0v) is 15.4. The third kappa shape index (κ3) is 6.26. The molecule has 0 fully saturated rings. The predicted octanol–water partition coefficient (Wildman–Crippen LogP) is 3.30. The SMILES string of the molecule is Cc1ccc(C(C)(C)Nc2ccccc2[N+](=O)[O-])cc1C.NS(=O)[O-]. The molecule has 3 N–H and O–H groups in total. The van der Waals surface area contributed by atoms with Crippen molar-refractivity contribution in [2.75, 3.05) is 5.32 Å². The second-order valence-corrected chi connectivity index (χ2v) is 6.60. The van der Waals surface area contributed by atoms with E-state index >= 15 is 0 Å². The van der Waals surface area contributed by atoms with Crippen molar-refractivity contribution in [2.45, 2.75) is 33.2 Å². The molecule has 2 aromatic carbocycles. The molecule has 2 aromatic rings. The Balaban J connectivity index is 0.000000705. The van der Waals surface area contributed by atoms with Gasteiger partial charge in [-0.05, 0) is 50.5 Å². The monoisotopic (exact) mass is 364 g/mol. The molecule has 8 heteroatoms. The van der Waals surface area contributed by atoms with Crippen molar-refractivity contribution in [2.24, 2.45) is 5.14 Å². The summed E-state index contributed by atoms with van der Waals surface area (Å²) in [5.41, 5.74) is 3.78. The van der Waals surface area contributed by atoms with Gasteiger partial charge in [0.1, 0.15) is 5.69 Å². The summed E-state index contributed by atoms with van der Waals surface area (Å²) in [7, 11) is 0. The van der Waals surface area contributed by atoms with Crippen molar-refractivity contribution in [1.29, 1.82) is 0 Å². The number of hydrogen-bond acceptors (Lipinski definition) is 5. The number of hydrogen-bond donors (Lipinski definition) is 2. The largest absolute Gasteiger partial charge is 0.760 e. The van der Waals surface area contributed by atoms with Crippen LogP contribution < -0.4 is 10.5 Å². The molecule has 25 heavy (non-hydrogen) atoms. The van der Waals surface area contributed by atoms with Crippen molar-refractivity contribution >= 4 is 22.6 Å². The number of nitrogens with two attached hydrogens (primary N) is 1. The molecule has 136 valence electrons. The highest BCUT2D eigenvalue weighted by Crippen LogP contribution is 2.31. The molecule has 0 aromatic heterocycles. The normalized spacial score (nSPS) is 11.9. The van der Waals surface area contributed by atoms with Crippen LogP contribution in [-0.2, 0) is 16.8 Å². The highest BCUT2D eigenvalue weighted by molar-refractivity contribution is 7.76. The molecular weight excluding hydrogens is 342 g/mol. The van der Waals surface area contributed by atoms with Crippen molar-refractivity contribution in [3.05, 3.63) is 69.3 Å². The van der Waals surface area contributed by atoms with E-state index in [0.717, 1.165) is 5.56 Å². The number of nitrogens with one attached hydrogen (secondary N) is 1. The molecular formula is C17H22N3O4S-. The molecule has 2 rings (SSSR count). The number of nitrogens with zero attached hydrogens (tertiary/aromatic N) is 1. The fourth-order valence-corrected chi connectivity index (χ4v) is 2.28. The van der Waals surface area contributed by atoms with Crippen LogP contribution in [0.5, 0.6) is 0 Å². The Bertz CT molecular complexity index is 774. The Labute approximate surface area is 149 Å². The number of aryl methyl sites for hydroxylation is 2. The van der Waals surface area contributed by atoms with Gasteiger partial charge >= 0.3 is 0 Å². The average molecular weight is 364 g/mol. The summed E-state index contributed by atoms with van der Waals surface area (Å²) in [4.78, 5) is 10.7. The summed E-state index contributed by atoms with van der Waals surface area (Å²) in [6, 6.07) is 13.0. The number of para-hydroxylation sites is 2. The predicted molar refractivity (Wildman–Crippen MR) is 98.8 cm³/mol. The van der Waals surface area contributed by atoms with Gasteiger partial charge in [-0.25, -0.2) is 0 Å². The van der Waals surface area contributed by atoms with E-state index in [9.17, 15) is 10.1 Å². The number of anilines is 1. The van der Waals surface area contributed by atoms with Gasteiger partial charge in [0.15, 0.2) is 0 Å². The average Bonchev–Trinajstić information content (AvgIpc) is 2.49. The first-order valence-electron chi connectivity index (χ1n) is 7.47. The van der Waals surface area contributed by atoms with Crippen LogP contribution in [0.1, 0.15) is 30.5 Å². The van der Waals surface area contributed by atoms with Gasteiger partial charge in [-0.2, -0.15) is 0 Å². The highest BCUT2D eigenvalue weighted by atomic mass is 32.2. The van der Waals surface area contributed by atoms with Gasteiger partial charge in [0.25, 0.3) is 5.69 Å². The molecule has 0 spiro atoms. The van der Waals surface area contributed by atoms with E-state index in [2.05, 4.69) is 42.5 Å². The zero-order chi connectivity index (χ0) is 19.2. The summed E-state index contributed by atoms with van der Waals surface area (Å²) in [5.74, 6) is 0. The maximum atomic E-state index is 11.1. The quantitative estimate of drug-likeness (QED) is 0.490. The van der Waals surface area contributed by atoms with Gasteiger partial charge in [0.05, 0.1) is 10.5 Å². The van der Waals surface area contributed by atoms with Gasteiger partial charge in [-0.15, -0.1) is 0 Å². The van der Waals surface area contributed by atoms with Crippen LogP contribution in [0.3, 0.4) is 0 Å². The lowest BCUT2D eigenvalue weighted by Gasteiger charge is -2.28.